The second-order valence-corrected chi connectivity index (χ2v) is 13.8. The maximum atomic E-state index is 16.2. The molecule has 5 aromatic carbocycles. The van der Waals surface area contributed by atoms with Crippen molar-refractivity contribution in [1.82, 2.24) is 0 Å². The number of fused-ring (bicyclic) bond motifs is 7. The van der Waals surface area contributed by atoms with Gasteiger partial charge in [-0.25, -0.2) is 9.69 Å². The molecule has 10 rings (SSSR count). The van der Waals surface area contributed by atoms with Crippen LogP contribution in [0.25, 0.3) is 11.1 Å². The molecular weight excluding hydrogens is 686 g/mol. The fourth-order valence-corrected chi connectivity index (χ4v) is 9.44. The monoisotopic (exact) mass is 717 g/mol. The first kappa shape index (κ1) is 32.0. The average molecular weight is 718 g/mol. The Hall–Kier alpha value is -6.68. The predicted molar refractivity (Wildman–Crippen MR) is 195 cm³/mol. The summed E-state index contributed by atoms with van der Waals surface area (Å²) in [6, 6.07) is 35.9. The fraction of sp³-hybridized carbons (Fsp3) is 0.182. The lowest BCUT2D eigenvalue weighted by atomic mass is 9.59. The number of esters is 1. The molecule has 0 N–H and O–H groups in total. The summed E-state index contributed by atoms with van der Waals surface area (Å²) in [5, 5.41) is 0. The molecule has 54 heavy (non-hydrogen) atoms. The molecule has 2 bridgehead atoms. The Morgan fingerprint density at radius 2 is 1.09 bits per heavy atom. The van der Waals surface area contributed by atoms with Crippen molar-refractivity contribution in [2.75, 3.05) is 25.1 Å². The third-order valence-electron chi connectivity index (χ3n) is 11.4. The van der Waals surface area contributed by atoms with Crippen LogP contribution in [0.5, 0.6) is 23.0 Å². The summed E-state index contributed by atoms with van der Waals surface area (Å²) in [4.78, 5) is 60.6. The number of ether oxygens (including phenoxy) is 5. The summed E-state index contributed by atoms with van der Waals surface area (Å²) in [6.07, 6.45) is 0. The Kier molecular flexibility index (Phi) is 6.91. The van der Waals surface area contributed by atoms with E-state index >= 15 is 14.4 Å². The Morgan fingerprint density at radius 3 is 1.56 bits per heavy atom. The first-order valence-electron chi connectivity index (χ1n) is 17.8. The van der Waals surface area contributed by atoms with E-state index in [1.807, 2.05) is 97.1 Å². The van der Waals surface area contributed by atoms with Crippen molar-refractivity contribution in [2.24, 2.45) is 11.8 Å². The first-order valence-corrected chi connectivity index (χ1v) is 17.8. The van der Waals surface area contributed by atoms with Crippen LogP contribution in [0, 0.1) is 11.8 Å². The maximum Gasteiger partial charge on any atom is 0.338 e. The van der Waals surface area contributed by atoms with Gasteiger partial charge in [0.1, 0.15) is 0 Å². The third kappa shape index (κ3) is 4.05. The minimum Gasteiger partial charge on any atom is -0.462 e. The van der Waals surface area contributed by atoms with Crippen molar-refractivity contribution >= 4 is 40.4 Å². The van der Waals surface area contributed by atoms with Gasteiger partial charge in [0, 0.05) is 0 Å². The van der Waals surface area contributed by atoms with Gasteiger partial charge in [-0.3, -0.25) is 14.4 Å². The molecule has 2 fully saturated rings. The second kappa shape index (κ2) is 11.7. The number of ketones is 1. The zero-order chi connectivity index (χ0) is 36.8. The molecule has 3 heterocycles. The standard InChI is InChI=1S/C44H31NO9/c1-2-50-41(48)25-13-17-30(18-14-25)45-39(46)37-38(40(45)47)44(29-11-7-4-8-12-29)36(27-16-20-32-34(22-27)54-24-52-32)35(26-15-19-31-33(21-26)53-23-51-31)43(37,42(44)49)28-9-5-3-6-10-28/h3-22,37-38H,2,23-24H2,1H3/t37-,38-,43-,44-/m0/s1. The number of benzene rings is 5. The number of carbonyl (C=O) groups is 4. The molecule has 266 valence electrons. The lowest BCUT2D eigenvalue weighted by Crippen LogP contribution is -2.45. The number of nitrogens with zero attached hydrogens (tertiary/aromatic N) is 1. The van der Waals surface area contributed by atoms with Crippen molar-refractivity contribution in [1.29, 1.82) is 0 Å². The highest BCUT2D eigenvalue weighted by atomic mass is 16.7. The van der Waals surface area contributed by atoms with E-state index < -0.39 is 40.4 Å². The highest BCUT2D eigenvalue weighted by Gasteiger charge is 2.82. The molecule has 2 aliphatic carbocycles. The van der Waals surface area contributed by atoms with E-state index in [2.05, 4.69) is 0 Å². The zero-order valence-electron chi connectivity index (χ0n) is 28.9. The van der Waals surface area contributed by atoms with Gasteiger partial charge in [0.25, 0.3) is 0 Å². The number of hydrogen-bond acceptors (Lipinski definition) is 9. The summed E-state index contributed by atoms with van der Waals surface area (Å²) in [6.45, 7) is 2.02. The van der Waals surface area contributed by atoms with Crippen molar-refractivity contribution < 1.29 is 42.9 Å². The number of anilines is 1. The molecule has 3 aliphatic heterocycles. The topological polar surface area (TPSA) is 118 Å². The van der Waals surface area contributed by atoms with E-state index in [1.54, 1.807) is 19.1 Å². The number of rotatable bonds is 7. The van der Waals surface area contributed by atoms with Crippen LogP contribution in [0.2, 0.25) is 0 Å². The molecular formula is C44H31NO9. The summed E-state index contributed by atoms with van der Waals surface area (Å²) < 4.78 is 28.3. The van der Waals surface area contributed by atoms with Crippen molar-refractivity contribution in [3.05, 3.63) is 149 Å². The van der Waals surface area contributed by atoms with Crippen molar-refractivity contribution in [3.8, 4) is 23.0 Å². The Balaban J connectivity index is 1.30. The summed E-state index contributed by atoms with van der Waals surface area (Å²) in [5.74, 6) is -1.93. The number of amides is 2. The van der Waals surface area contributed by atoms with Crippen LogP contribution in [0.15, 0.2) is 121 Å². The molecule has 5 aliphatic rings. The number of Topliss-reactive ketones (excluding diaryl/α,β-unsaturated/α-hetero) is 1. The largest absolute Gasteiger partial charge is 0.462 e. The molecule has 4 atom stereocenters. The van der Waals surface area contributed by atoms with Crippen LogP contribution in [0.1, 0.15) is 39.5 Å². The molecule has 1 saturated heterocycles. The molecule has 5 aromatic rings. The number of imide groups is 1. The van der Waals surface area contributed by atoms with E-state index in [9.17, 15) is 4.79 Å². The Bertz CT molecular complexity index is 2320. The Labute approximate surface area is 309 Å². The van der Waals surface area contributed by atoms with E-state index in [0.717, 1.165) is 0 Å². The predicted octanol–water partition coefficient (Wildman–Crippen LogP) is 6.51. The lowest BCUT2D eigenvalue weighted by molar-refractivity contribution is -0.130. The normalized spacial score (nSPS) is 24.4. The van der Waals surface area contributed by atoms with Gasteiger partial charge in [0.05, 0.1) is 40.5 Å². The van der Waals surface area contributed by atoms with Crippen LogP contribution in [-0.4, -0.2) is 43.8 Å². The molecule has 10 heteroatoms. The van der Waals surface area contributed by atoms with Gasteiger partial charge in [-0.05, 0) is 88.9 Å². The van der Waals surface area contributed by atoms with Gasteiger partial charge >= 0.3 is 5.97 Å². The van der Waals surface area contributed by atoms with Gasteiger partial charge in [-0.1, -0.05) is 72.8 Å². The minimum absolute atomic E-state index is 0.0468. The van der Waals surface area contributed by atoms with Crippen LogP contribution in [0.4, 0.5) is 5.69 Å². The smallest absolute Gasteiger partial charge is 0.338 e. The summed E-state index contributed by atoms with van der Waals surface area (Å²) in [5.41, 5.74) is 0.993. The Morgan fingerprint density at radius 1 is 0.630 bits per heavy atom. The number of allylic oxidation sites excluding steroid dienone is 2. The quantitative estimate of drug-likeness (QED) is 0.137. The number of hydrogen-bond donors (Lipinski definition) is 0. The first-order chi connectivity index (χ1) is 26.4. The van der Waals surface area contributed by atoms with Gasteiger partial charge in [0.2, 0.25) is 25.4 Å². The molecule has 10 nitrogen and oxygen atoms in total. The van der Waals surface area contributed by atoms with Crippen LogP contribution >= 0.6 is 0 Å². The van der Waals surface area contributed by atoms with Gasteiger partial charge in [-0.15, -0.1) is 0 Å². The maximum absolute atomic E-state index is 16.2. The molecule has 0 spiro atoms. The van der Waals surface area contributed by atoms with Crippen molar-refractivity contribution in [2.45, 2.75) is 17.8 Å². The minimum atomic E-state index is -1.63. The molecule has 1 saturated carbocycles. The van der Waals surface area contributed by atoms with E-state index in [4.69, 9.17) is 23.7 Å². The van der Waals surface area contributed by atoms with Crippen LogP contribution in [0.3, 0.4) is 0 Å². The van der Waals surface area contributed by atoms with Crippen LogP contribution < -0.4 is 23.8 Å². The second-order valence-electron chi connectivity index (χ2n) is 13.8. The molecule has 0 unspecified atom stereocenters. The number of carbonyl (C=O) groups excluding carboxylic acids is 4. The fourth-order valence-electron chi connectivity index (χ4n) is 9.44. The van der Waals surface area contributed by atoms with Crippen molar-refractivity contribution in [3.63, 3.8) is 0 Å². The zero-order valence-corrected chi connectivity index (χ0v) is 28.9. The van der Waals surface area contributed by atoms with E-state index in [1.165, 1.54) is 17.0 Å². The summed E-state index contributed by atoms with van der Waals surface area (Å²) >= 11 is 0. The average Bonchev–Trinajstić information content (AvgIpc) is 4.02. The highest BCUT2D eigenvalue weighted by molar-refractivity contribution is 6.39. The summed E-state index contributed by atoms with van der Waals surface area (Å²) in [7, 11) is 0. The lowest BCUT2D eigenvalue weighted by Gasteiger charge is -2.39. The van der Waals surface area contributed by atoms with Crippen LogP contribution in [-0.2, 0) is 30.0 Å². The SMILES string of the molecule is CCOC(=O)c1ccc(N2C(=O)[C@@H]3[C@@H](C2=O)[C@@]2(c4ccccc4)C(=O)[C@@]3(c3ccccc3)C(c3ccc4c(c3)OCO4)=C2c2ccc3c(c2)OCO3)cc1. The van der Waals surface area contributed by atoms with Gasteiger partial charge < -0.3 is 23.7 Å². The van der Waals surface area contributed by atoms with Gasteiger partial charge in [-0.2, -0.15) is 0 Å². The van der Waals surface area contributed by atoms with E-state index in [-0.39, 0.29) is 31.5 Å². The third-order valence-corrected chi connectivity index (χ3v) is 11.4. The van der Waals surface area contributed by atoms with E-state index in [0.29, 0.717) is 62.1 Å². The van der Waals surface area contributed by atoms with Gasteiger partial charge in [0.15, 0.2) is 28.8 Å². The molecule has 0 aromatic heterocycles. The molecule has 2 amide bonds. The molecule has 0 radical (unpaired) electrons. The highest BCUT2D eigenvalue weighted by Crippen LogP contribution is 2.74.